The van der Waals surface area contributed by atoms with E-state index in [-0.39, 0.29) is 38.8 Å². The van der Waals surface area contributed by atoms with E-state index < -0.39 is 52.6 Å². The van der Waals surface area contributed by atoms with Crippen LogP contribution in [0, 0.1) is 0 Å². The van der Waals surface area contributed by atoms with Crippen LogP contribution in [0.2, 0.25) is 5.02 Å². The van der Waals surface area contributed by atoms with E-state index in [1.165, 1.54) is 16.7 Å². The Kier molecular flexibility index (Phi) is 14.6. The number of nitrogens with zero attached hydrogens (tertiary/aromatic N) is 2. The third kappa shape index (κ3) is 11.6. The molecule has 1 aromatic heterocycles. The number of benzene rings is 2. The van der Waals surface area contributed by atoms with Gasteiger partial charge >= 0.3 is 0 Å². The maximum absolute atomic E-state index is 13.1. The summed E-state index contributed by atoms with van der Waals surface area (Å²) < 4.78 is 38.1. The van der Waals surface area contributed by atoms with E-state index in [2.05, 4.69) is 15.8 Å². The number of halogens is 1. The molecular weight excluding hydrogens is 746 g/mol. The number of pyridine rings is 1. The Balaban J connectivity index is 1.19. The van der Waals surface area contributed by atoms with Crippen molar-refractivity contribution in [3.8, 4) is 16.9 Å². The van der Waals surface area contributed by atoms with E-state index >= 15 is 0 Å². The van der Waals surface area contributed by atoms with Crippen molar-refractivity contribution in [2.45, 2.75) is 86.1 Å². The molecule has 3 aromatic rings. The summed E-state index contributed by atoms with van der Waals surface area (Å²) in [5.41, 5.74) is 3.38. The number of aliphatic hydroxyl groups is 5. The summed E-state index contributed by atoms with van der Waals surface area (Å²) in [6.07, 6.45) is 1.58. The van der Waals surface area contributed by atoms with Crippen LogP contribution in [0.15, 0.2) is 65.8 Å². The fourth-order valence-corrected chi connectivity index (χ4v) is 7.47. The van der Waals surface area contributed by atoms with Crippen molar-refractivity contribution in [1.29, 1.82) is 0 Å². The second kappa shape index (κ2) is 18.7. The third-order valence-corrected chi connectivity index (χ3v) is 11.3. The second-order valence-corrected chi connectivity index (χ2v) is 16.9. The van der Waals surface area contributed by atoms with E-state index in [4.69, 9.17) is 26.2 Å². The fraction of sp³-hybridized carbons (Fsp3) is 0.514. The van der Waals surface area contributed by atoms with Crippen molar-refractivity contribution in [2.24, 2.45) is 0 Å². The van der Waals surface area contributed by atoms with E-state index in [1.54, 1.807) is 6.20 Å². The number of rotatable bonds is 22. The van der Waals surface area contributed by atoms with Gasteiger partial charge in [-0.05, 0) is 85.7 Å². The smallest absolute Gasteiger partial charge is 0.254 e. The molecule has 53 heavy (non-hydrogen) atoms. The molecule has 2 aliphatic carbocycles. The number of aromatic nitrogens is 1. The van der Waals surface area contributed by atoms with Crippen LogP contribution in [0.1, 0.15) is 49.7 Å². The van der Waals surface area contributed by atoms with Crippen LogP contribution in [0.3, 0.4) is 0 Å². The number of ether oxygens (including phenoxy) is 2. The van der Waals surface area contributed by atoms with Gasteiger partial charge in [-0.3, -0.25) is 9.78 Å². The Bertz CT molecular complexity index is 1790. The maximum atomic E-state index is 13.1. The summed E-state index contributed by atoms with van der Waals surface area (Å²) in [4.78, 5) is 19.8. The van der Waals surface area contributed by atoms with Crippen LogP contribution in [-0.4, -0.2) is 119 Å². The number of thioether (sulfide) groups is 1. The molecule has 13 nitrogen and oxygen atoms in total. The highest BCUT2D eigenvalue weighted by atomic mass is 35.5. The van der Waals surface area contributed by atoms with Gasteiger partial charge in [0.1, 0.15) is 24.1 Å². The molecule has 4 atom stereocenters. The third-order valence-electron chi connectivity index (χ3n) is 9.16. The molecule has 0 radical (unpaired) electrons. The maximum Gasteiger partial charge on any atom is 0.254 e. The largest absolute Gasteiger partial charge is 0.490 e. The first kappa shape index (κ1) is 41.3. The average molecular weight is 794 g/mol. The number of hydrogen-bond acceptors (Lipinski definition) is 12. The molecule has 1 heterocycles. The predicted molar refractivity (Wildman–Crippen MR) is 201 cm³/mol. The highest BCUT2D eigenvalue weighted by Crippen LogP contribution is 2.53. The first-order valence-electron chi connectivity index (χ1n) is 17.6. The quantitative estimate of drug-likeness (QED) is 0.0644. The van der Waals surface area contributed by atoms with Crippen LogP contribution in [-0.2, 0) is 31.8 Å². The van der Waals surface area contributed by atoms with Gasteiger partial charge in [0, 0.05) is 53.1 Å². The zero-order valence-corrected chi connectivity index (χ0v) is 31.9. The molecule has 2 saturated carbocycles. The summed E-state index contributed by atoms with van der Waals surface area (Å²) in [7, 11) is -3.45. The minimum atomic E-state index is -3.45. The lowest BCUT2D eigenvalue weighted by Gasteiger charge is -2.30. The topological polar surface area (TPSA) is 199 Å². The van der Waals surface area contributed by atoms with Crippen molar-refractivity contribution in [3.05, 3.63) is 77.1 Å². The standard InChI is InChI=1S/C37H48ClN3O10S2/c1-53(48,49)40-15-4-17-41(36(47)35(46)34(45)33(44)31(43)22-42)18-5-19-52-26-10-11-30(38)24(20-26)23-50-37(13-14-37)29-21-39-16-12-27(29)28-6-2-3-7-32(28)51-25-8-9-25/h2-3,6-7,10-12,16,20-21,25,31,33-35,40,42-46H,4-5,8-9,13-15,17-19,22-23H2,1H3/t31-,33+,34-,35-/m0/s1. The molecule has 290 valence electrons. The normalized spacial score (nSPS) is 17.5. The molecule has 0 spiro atoms. The SMILES string of the molecule is CS(=O)(=O)NCCCN(CCCSc1ccc(Cl)c(COC2(c3cnccc3-c3ccccc3OC3CC3)CC2)c1)C(=O)[C@@H](O)[C@@H](O)[C@H](O)[C@@H](O)CO. The Hall–Kier alpha value is -2.83. The van der Waals surface area contributed by atoms with Gasteiger partial charge in [0.05, 0.1) is 31.2 Å². The van der Waals surface area contributed by atoms with Gasteiger partial charge in [-0.15, -0.1) is 11.8 Å². The highest BCUT2D eigenvalue weighted by molar-refractivity contribution is 7.99. The molecule has 0 bridgehead atoms. The van der Waals surface area contributed by atoms with Crippen molar-refractivity contribution in [1.82, 2.24) is 14.6 Å². The summed E-state index contributed by atoms with van der Waals surface area (Å²) in [5.74, 6) is 0.512. The van der Waals surface area contributed by atoms with Crippen molar-refractivity contribution >= 4 is 39.3 Å². The molecular formula is C37H48ClN3O10S2. The summed E-state index contributed by atoms with van der Waals surface area (Å²) in [5, 5.41) is 50.1. The number of aliphatic hydroxyl groups excluding tert-OH is 5. The summed E-state index contributed by atoms with van der Waals surface area (Å²) in [6.45, 7) is -0.350. The van der Waals surface area contributed by atoms with Gasteiger partial charge in [-0.25, -0.2) is 13.1 Å². The molecule has 2 fully saturated rings. The zero-order chi connectivity index (χ0) is 38.2. The van der Waals surface area contributed by atoms with Crippen LogP contribution in [0.5, 0.6) is 5.75 Å². The van der Waals surface area contributed by atoms with Gasteiger partial charge in [0.2, 0.25) is 10.0 Å². The van der Waals surface area contributed by atoms with E-state index in [9.17, 15) is 33.6 Å². The number of carbonyl (C=O) groups is 1. The van der Waals surface area contributed by atoms with Gasteiger partial charge in [-0.2, -0.15) is 0 Å². The first-order valence-corrected chi connectivity index (χ1v) is 20.9. The number of amides is 1. The Morgan fingerprint density at radius 1 is 1.06 bits per heavy atom. The lowest BCUT2D eigenvalue weighted by atomic mass is 9.96. The Morgan fingerprint density at radius 3 is 2.49 bits per heavy atom. The number of para-hydroxylation sites is 1. The van der Waals surface area contributed by atoms with Crippen molar-refractivity contribution in [2.75, 3.05) is 38.2 Å². The average Bonchev–Trinajstić information content (AvgIpc) is 4.10. The molecule has 0 unspecified atom stereocenters. The van der Waals surface area contributed by atoms with Gasteiger partial charge in [0.15, 0.2) is 6.10 Å². The summed E-state index contributed by atoms with van der Waals surface area (Å²) in [6, 6.07) is 15.7. The van der Waals surface area contributed by atoms with Crippen molar-refractivity contribution < 1.29 is 48.2 Å². The lowest BCUT2D eigenvalue weighted by Crippen LogP contribution is -2.53. The lowest BCUT2D eigenvalue weighted by molar-refractivity contribution is -0.158. The van der Waals surface area contributed by atoms with E-state index in [0.29, 0.717) is 17.2 Å². The number of sulfonamides is 1. The zero-order valence-electron chi connectivity index (χ0n) is 29.5. The molecule has 0 aliphatic heterocycles. The van der Waals surface area contributed by atoms with E-state index in [1.807, 2.05) is 48.7 Å². The second-order valence-electron chi connectivity index (χ2n) is 13.5. The van der Waals surface area contributed by atoms with Crippen LogP contribution < -0.4 is 9.46 Å². The first-order chi connectivity index (χ1) is 25.3. The van der Waals surface area contributed by atoms with Crippen LogP contribution in [0.4, 0.5) is 0 Å². The minimum Gasteiger partial charge on any atom is -0.490 e. The molecule has 6 N–H and O–H groups in total. The molecule has 2 aliphatic rings. The highest BCUT2D eigenvalue weighted by Gasteiger charge is 2.48. The number of hydrogen-bond donors (Lipinski definition) is 6. The molecule has 16 heteroatoms. The molecule has 1 amide bonds. The number of nitrogens with one attached hydrogen (secondary N) is 1. The minimum absolute atomic E-state index is 0.0446. The predicted octanol–water partition coefficient (Wildman–Crippen LogP) is 2.84. The van der Waals surface area contributed by atoms with Crippen LogP contribution in [0.25, 0.3) is 11.1 Å². The van der Waals surface area contributed by atoms with Crippen LogP contribution >= 0.6 is 23.4 Å². The van der Waals surface area contributed by atoms with E-state index in [0.717, 1.165) is 64.8 Å². The summed E-state index contributed by atoms with van der Waals surface area (Å²) >= 11 is 8.16. The Labute approximate surface area is 319 Å². The Morgan fingerprint density at radius 2 is 1.79 bits per heavy atom. The number of carbonyl (C=O) groups excluding carboxylic acids is 1. The van der Waals surface area contributed by atoms with Gasteiger partial charge in [-0.1, -0.05) is 29.8 Å². The molecule has 0 saturated heterocycles. The van der Waals surface area contributed by atoms with Gasteiger partial charge in [0.25, 0.3) is 5.91 Å². The monoisotopic (exact) mass is 793 g/mol. The van der Waals surface area contributed by atoms with Gasteiger partial charge < -0.3 is 39.9 Å². The molecule has 2 aromatic carbocycles. The van der Waals surface area contributed by atoms with Crippen molar-refractivity contribution in [3.63, 3.8) is 0 Å². The molecule has 5 rings (SSSR count). The fourth-order valence-electron chi connectivity index (χ4n) is 5.88.